The number of hydrogen-bond acceptors (Lipinski definition) is 3. The number of hydrogen-bond donors (Lipinski definition) is 1. The number of benzene rings is 2. The number of carbonyl (C=O) groups is 1. The lowest BCUT2D eigenvalue weighted by Crippen LogP contribution is -2.19. The Balaban J connectivity index is 2.16. The minimum Gasteiger partial charge on any atom is -0.493 e. The maximum absolute atomic E-state index is 11.4. The van der Waals surface area contributed by atoms with Crippen LogP contribution in [0.3, 0.4) is 0 Å². The number of rotatable bonds is 6. The quantitative estimate of drug-likeness (QED) is 0.886. The molecule has 2 rings (SSSR count). The molecule has 4 nitrogen and oxygen atoms in total. The van der Waals surface area contributed by atoms with Gasteiger partial charge in [-0.15, -0.1) is 0 Å². The number of carboxylic acids is 1. The zero-order valence-corrected chi connectivity index (χ0v) is 12.2. The molecule has 0 aliphatic heterocycles. The highest BCUT2D eigenvalue weighted by atomic mass is 35.5. The number of ether oxygens (including phenoxy) is 2. The van der Waals surface area contributed by atoms with E-state index in [4.69, 9.17) is 21.1 Å². The molecule has 0 amide bonds. The molecule has 21 heavy (non-hydrogen) atoms. The highest BCUT2D eigenvalue weighted by Crippen LogP contribution is 2.28. The van der Waals surface area contributed by atoms with Crippen LogP contribution in [-0.4, -0.2) is 24.8 Å². The molecule has 0 aliphatic rings. The summed E-state index contributed by atoms with van der Waals surface area (Å²) in [5.41, 5.74) is 0.602. The van der Waals surface area contributed by atoms with E-state index in [1.165, 1.54) is 7.11 Å². The Morgan fingerprint density at radius 2 is 1.90 bits per heavy atom. The standard InChI is InChI=1S/C16H15ClO4/c1-20-14-7-2-3-8-15(14)21-10-13(16(18)19)11-5-4-6-12(17)9-11/h2-9,13H,10H2,1H3,(H,18,19). The van der Waals surface area contributed by atoms with Gasteiger partial charge in [0.05, 0.1) is 7.11 Å². The third-order valence-corrected chi connectivity index (χ3v) is 3.26. The Labute approximate surface area is 127 Å². The largest absolute Gasteiger partial charge is 0.493 e. The number of aliphatic carboxylic acids is 1. The van der Waals surface area contributed by atoms with Gasteiger partial charge in [-0.3, -0.25) is 4.79 Å². The van der Waals surface area contributed by atoms with Crippen molar-refractivity contribution in [1.29, 1.82) is 0 Å². The molecule has 1 N–H and O–H groups in total. The highest BCUT2D eigenvalue weighted by molar-refractivity contribution is 6.30. The van der Waals surface area contributed by atoms with Gasteiger partial charge in [0.25, 0.3) is 0 Å². The molecule has 2 aromatic carbocycles. The summed E-state index contributed by atoms with van der Waals surface area (Å²) in [6.45, 7) is -0.00392. The smallest absolute Gasteiger partial charge is 0.314 e. The summed E-state index contributed by atoms with van der Waals surface area (Å²) >= 11 is 5.90. The minimum atomic E-state index is -0.966. The predicted octanol–water partition coefficient (Wildman–Crippen LogP) is 3.60. The number of methoxy groups -OCH3 is 1. The van der Waals surface area contributed by atoms with Crippen LogP contribution < -0.4 is 9.47 Å². The van der Waals surface area contributed by atoms with Gasteiger partial charge in [-0.2, -0.15) is 0 Å². The predicted molar refractivity (Wildman–Crippen MR) is 80.3 cm³/mol. The lowest BCUT2D eigenvalue weighted by atomic mass is 10.0. The van der Waals surface area contributed by atoms with Crippen LogP contribution in [0.1, 0.15) is 11.5 Å². The van der Waals surface area contributed by atoms with Gasteiger partial charge >= 0.3 is 5.97 Å². The highest BCUT2D eigenvalue weighted by Gasteiger charge is 2.21. The monoisotopic (exact) mass is 306 g/mol. The Morgan fingerprint density at radius 1 is 1.19 bits per heavy atom. The van der Waals surface area contributed by atoms with Crippen molar-refractivity contribution in [2.75, 3.05) is 13.7 Å². The topological polar surface area (TPSA) is 55.8 Å². The average Bonchev–Trinajstić information content (AvgIpc) is 2.47. The third-order valence-electron chi connectivity index (χ3n) is 3.02. The zero-order chi connectivity index (χ0) is 15.2. The van der Waals surface area contributed by atoms with E-state index in [2.05, 4.69) is 0 Å². The molecule has 5 heteroatoms. The van der Waals surface area contributed by atoms with E-state index in [1.807, 2.05) is 6.07 Å². The van der Waals surface area contributed by atoms with E-state index in [9.17, 15) is 9.90 Å². The molecule has 110 valence electrons. The fourth-order valence-corrected chi connectivity index (χ4v) is 2.14. The molecule has 0 heterocycles. The lowest BCUT2D eigenvalue weighted by Gasteiger charge is -2.16. The first-order valence-corrected chi connectivity index (χ1v) is 6.73. The van der Waals surface area contributed by atoms with Gasteiger partial charge in [-0.05, 0) is 29.8 Å². The van der Waals surface area contributed by atoms with Gasteiger partial charge in [0, 0.05) is 5.02 Å². The fourth-order valence-electron chi connectivity index (χ4n) is 1.94. The van der Waals surface area contributed by atoms with E-state index in [1.54, 1.807) is 42.5 Å². The van der Waals surface area contributed by atoms with Crippen LogP contribution in [0, 0.1) is 0 Å². The Kier molecular flexibility index (Phi) is 5.06. The van der Waals surface area contributed by atoms with Crippen LogP contribution in [0.4, 0.5) is 0 Å². The molecular formula is C16H15ClO4. The SMILES string of the molecule is COc1ccccc1OCC(C(=O)O)c1cccc(Cl)c1. The van der Waals surface area contributed by atoms with Gasteiger partial charge in [0.1, 0.15) is 12.5 Å². The average molecular weight is 307 g/mol. The first kappa shape index (κ1) is 15.2. The van der Waals surface area contributed by atoms with Crippen molar-refractivity contribution in [3.05, 3.63) is 59.1 Å². The molecule has 1 unspecified atom stereocenters. The summed E-state index contributed by atoms with van der Waals surface area (Å²) in [6.07, 6.45) is 0. The van der Waals surface area contributed by atoms with Gasteiger partial charge in [-0.25, -0.2) is 0 Å². The summed E-state index contributed by atoms with van der Waals surface area (Å²) in [6, 6.07) is 13.9. The van der Waals surface area contributed by atoms with Crippen molar-refractivity contribution in [3.63, 3.8) is 0 Å². The van der Waals surface area contributed by atoms with Crippen molar-refractivity contribution in [3.8, 4) is 11.5 Å². The Hall–Kier alpha value is -2.20. The molecule has 0 saturated heterocycles. The second-order valence-corrected chi connectivity index (χ2v) is 4.84. The van der Waals surface area contributed by atoms with Crippen LogP contribution in [0.2, 0.25) is 5.02 Å². The van der Waals surface area contributed by atoms with Crippen molar-refractivity contribution < 1.29 is 19.4 Å². The fraction of sp³-hybridized carbons (Fsp3) is 0.188. The molecule has 0 aromatic heterocycles. The number of halogens is 1. The molecule has 0 saturated carbocycles. The van der Waals surface area contributed by atoms with Crippen molar-refractivity contribution >= 4 is 17.6 Å². The van der Waals surface area contributed by atoms with Crippen LogP contribution in [-0.2, 0) is 4.79 Å². The first-order chi connectivity index (χ1) is 10.1. The van der Waals surface area contributed by atoms with Crippen molar-refractivity contribution in [1.82, 2.24) is 0 Å². The minimum absolute atomic E-state index is 0.00392. The zero-order valence-electron chi connectivity index (χ0n) is 11.5. The Bertz CT molecular complexity index is 627. The molecule has 0 aliphatic carbocycles. The second kappa shape index (κ2) is 6.99. The lowest BCUT2D eigenvalue weighted by molar-refractivity contribution is -0.139. The van der Waals surface area contributed by atoms with E-state index < -0.39 is 11.9 Å². The van der Waals surface area contributed by atoms with E-state index in [0.717, 1.165) is 0 Å². The molecule has 0 bridgehead atoms. The third kappa shape index (κ3) is 3.89. The van der Waals surface area contributed by atoms with Crippen LogP contribution >= 0.6 is 11.6 Å². The van der Waals surface area contributed by atoms with Crippen molar-refractivity contribution in [2.24, 2.45) is 0 Å². The van der Waals surface area contributed by atoms with E-state index >= 15 is 0 Å². The van der Waals surface area contributed by atoms with Gasteiger partial charge < -0.3 is 14.6 Å². The van der Waals surface area contributed by atoms with Crippen LogP contribution in [0.25, 0.3) is 0 Å². The molecule has 0 fully saturated rings. The first-order valence-electron chi connectivity index (χ1n) is 6.36. The summed E-state index contributed by atoms with van der Waals surface area (Å²) in [5, 5.41) is 9.86. The van der Waals surface area contributed by atoms with Gasteiger partial charge in [0.15, 0.2) is 11.5 Å². The van der Waals surface area contributed by atoms with Crippen molar-refractivity contribution in [2.45, 2.75) is 5.92 Å². The van der Waals surface area contributed by atoms with Gasteiger partial charge in [-0.1, -0.05) is 35.9 Å². The van der Waals surface area contributed by atoms with Crippen LogP contribution in [0.15, 0.2) is 48.5 Å². The maximum Gasteiger partial charge on any atom is 0.314 e. The van der Waals surface area contributed by atoms with Gasteiger partial charge in [0.2, 0.25) is 0 Å². The molecular weight excluding hydrogens is 292 g/mol. The second-order valence-electron chi connectivity index (χ2n) is 4.41. The van der Waals surface area contributed by atoms with E-state index in [-0.39, 0.29) is 6.61 Å². The maximum atomic E-state index is 11.4. The normalized spacial score (nSPS) is 11.7. The molecule has 0 spiro atoms. The summed E-state index contributed by atoms with van der Waals surface area (Å²) in [7, 11) is 1.54. The van der Waals surface area contributed by atoms with Crippen LogP contribution in [0.5, 0.6) is 11.5 Å². The van der Waals surface area contributed by atoms with E-state index in [0.29, 0.717) is 22.1 Å². The summed E-state index contributed by atoms with van der Waals surface area (Å²) in [5.74, 6) is -0.693. The molecule has 2 aromatic rings. The summed E-state index contributed by atoms with van der Waals surface area (Å²) < 4.78 is 10.8. The Morgan fingerprint density at radius 3 is 2.52 bits per heavy atom. The molecule has 1 atom stereocenters. The number of para-hydroxylation sites is 2. The summed E-state index contributed by atoms with van der Waals surface area (Å²) in [4.78, 5) is 11.4. The number of carboxylic acid groups (broad SMARTS) is 1. The molecule has 0 radical (unpaired) electrons.